The van der Waals surface area contributed by atoms with Crippen molar-refractivity contribution in [2.24, 2.45) is 5.73 Å². The van der Waals surface area contributed by atoms with E-state index in [0.717, 1.165) is 32.1 Å². The van der Waals surface area contributed by atoms with Crippen LogP contribution in [0.4, 0.5) is 0 Å². The summed E-state index contributed by atoms with van der Waals surface area (Å²) in [6.07, 6.45) is 5.97. The van der Waals surface area contributed by atoms with Gasteiger partial charge in [-0.05, 0) is 32.6 Å². The second-order valence-electron chi connectivity index (χ2n) is 3.78. The van der Waals surface area contributed by atoms with Gasteiger partial charge >= 0.3 is 5.97 Å². The van der Waals surface area contributed by atoms with Crippen LogP contribution in [0.15, 0.2) is 11.6 Å². The molecule has 0 unspecified atom stereocenters. The number of hydrogen-bond acceptors (Lipinski definition) is 3. The average molecular weight is 211 g/mol. The van der Waals surface area contributed by atoms with Crippen LogP contribution in [0.25, 0.3) is 0 Å². The molecule has 1 atom stereocenters. The molecule has 1 aliphatic carbocycles. The first kappa shape index (κ1) is 11.8. The van der Waals surface area contributed by atoms with Crippen LogP contribution in [0.2, 0.25) is 0 Å². The van der Waals surface area contributed by atoms with Crippen molar-refractivity contribution in [3.05, 3.63) is 11.6 Å². The lowest BCUT2D eigenvalue weighted by Crippen LogP contribution is -2.30. The molecule has 1 amide bonds. The van der Waals surface area contributed by atoms with Crippen LogP contribution in [0.1, 0.15) is 39.0 Å². The van der Waals surface area contributed by atoms with E-state index >= 15 is 0 Å². The maximum Gasteiger partial charge on any atom is 0.334 e. The molecule has 0 saturated heterocycles. The smallest absolute Gasteiger partial charge is 0.334 e. The van der Waals surface area contributed by atoms with E-state index in [-0.39, 0.29) is 0 Å². The lowest BCUT2D eigenvalue weighted by molar-refractivity contribution is -0.150. The summed E-state index contributed by atoms with van der Waals surface area (Å²) in [6, 6.07) is 0. The van der Waals surface area contributed by atoms with Crippen molar-refractivity contribution in [3.8, 4) is 0 Å². The van der Waals surface area contributed by atoms with Gasteiger partial charge in [0.15, 0.2) is 6.10 Å². The molecule has 0 spiro atoms. The van der Waals surface area contributed by atoms with E-state index in [0.29, 0.717) is 5.57 Å². The monoisotopic (exact) mass is 211 g/mol. The Morgan fingerprint density at radius 3 is 2.80 bits per heavy atom. The third kappa shape index (κ3) is 3.73. The number of carbonyl (C=O) groups is 2. The Kier molecular flexibility index (Phi) is 4.34. The highest BCUT2D eigenvalue weighted by Gasteiger charge is 2.18. The zero-order valence-electron chi connectivity index (χ0n) is 8.99. The summed E-state index contributed by atoms with van der Waals surface area (Å²) >= 11 is 0. The first-order valence-electron chi connectivity index (χ1n) is 5.30. The Bertz CT molecular complexity index is 284. The number of nitrogens with two attached hydrogens (primary N) is 1. The topological polar surface area (TPSA) is 69.4 Å². The molecule has 0 radical (unpaired) electrons. The Morgan fingerprint density at radius 2 is 2.13 bits per heavy atom. The minimum Gasteiger partial charge on any atom is -0.449 e. The van der Waals surface area contributed by atoms with Crippen molar-refractivity contribution in [2.75, 3.05) is 0 Å². The molecule has 1 rings (SSSR count). The molecule has 0 bridgehead atoms. The molecule has 4 nitrogen and oxygen atoms in total. The first-order chi connectivity index (χ1) is 7.11. The second-order valence-corrected chi connectivity index (χ2v) is 3.78. The van der Waals surface area contributed by atoms with Gasteiger partial charge in [0.2, 0.25) is 0 Å². The average Bonchev–Trinajstić information content (AvgIpc) is 2.45. The summed E-state index contributed by atoms with van der Waals surface area (Å²) in [7, 11) is 0. The molecule has 84 valence electrons. The number of primary amides is 1. The van der Waals surface area contributed by atoms with E-state index in [4.69, 9.17) is 10.5 Å². The maximum absolute atomic E-state index is 11.6. The number of esters is 1. The second kappa shape index (κ2) is 5.53. The fourth-order valence-electron chi connectivity index (χ4n) is 1.49. The third-order valence-electron chi connectivity index (χ3n) is 2.49. The van der Waals surface area contributed by atoms with Gasteiger partial charge in [-0.1, -0.05) is 12.5 Å². The summed E-state index contributed by atoms with van der Waals surface area (Å²) < 4.78 is 4.93. The van der Waals surface area contributed by atoms with Crippen LogP contribution in [0, 0.1) is 0 Å². The molecule has 0 fully saturated rings. The molecule has 2 N–H and O–H groups in total. The Morgan fingerprint density at radius 1 is 1.40 bits per heavy atom. The van der Waals surface area contributed by atoms with Crippen molar-refractivity contribution in [3.63, 3.8) is 0 Å². The molecular weight excluding hydrogens is 194 g/mol. The van der Waals surface area contributed by atoms with Crippen molar-refractivity contribution in [1.29, 1.82) is 0 Å². The van der Waals surface area contributed by atoms with Gasteiger partial charge in [-0.15, -0.1) is 0 Å². The van der Waals surface area contributed by atoms with Crippen LogP contribution in [-0.4, -0.2) is 18.0 Å². The number of hydrogen-bond donors (Lipinski definition) is 1. The SMILES string of the molecule is C[C@H](OC(=O)C1=CCCCCC1)C(N)=O. The zero-order chi connectivity index (χ0) is 11.3. The van der Waals surface area contributed by atoms with Gasteiger partial charge in [0.25, 0.3) is 5.91 Å². The summed E-state index contributed by atoms with van der Waals surface area (Å²) in [5.74, 6) is -1.01. The highest BCUT2D eigenvalue weighted by molar-refractivity contribution is 5.91. The summed E-state index contributed by atoms with van der Waals surface area (Å²) in [5.41, 5.74) is 5.69. The van der Waals surface area contributed by atoms with Crippen LogP contribution in [0.5, 0.6) is 0 Å². The lowest BCUT2D eigenvalue weighted by Gasteiger charge is -2.10. The van der Waals surface area contributed by atoms with Crippen molar-refractivity contribution < 1.29 is 14.3 Å². The molecule has 0 aromatic heterocycles. The van der Waals surface area contributed by atoms with Crippen molar-refractivity contribution in [2.45, 2.75) is 45.1 Å². The summed E-state index contributed by atoms with van der Waals surface area (Å²) in [5, 5.41) is 0. The number of rotatable bonds is 3. The molecule has 15 heavy (non-hydrogen) atoms. The molecule has 0 aliphatic heterocycles. The van der Waals surface area contributed by atoms with Gasteiger partial charge in [-0.3, -0.25) is 4.79 Å². The van der Waals surface area contributed by atoms with Crippen molar-refractivity contribution in [1.82, 2.24) is 0 Å². The molecule has 0 aromatic carbocycles. The molecule has 0 saturated carbocycles. The lowest BCUT2D eigenvalue weighted by atomic mass is 10.1. The Hall–Kier alpha value is -1.32. The van der Waals surface area contributed by atoms with Crippen LogP contribution >= 0.6 is 0 Å². The molecule has 0 heterocycles. The van der Waals surface area contributed by atoms with E-state index in [1.165, 1.54) is 6.92 Å². The number of amides is 1. The minimum atomic E-state index is -0.846. The fraction of sp³-hybridized carbons (Fsp3) is 0.636. The van der Waals surface area contributed by atoms with Gasteiger partial charge in [0, 0.05) is 5.57 Å². The van der Waals surface area contributed by atoms with Gasteiger partial charge in [0.05, 0.1) is 0 Å². The highest BCUT2D eigenvalue weighted by atomic mass is 16.5. The van der Waals surface area contributed by atoms with E-state index in [9.17, 15) is 9.59 Å². The van der Waals surface area contributed by atoms with E-state index in [1.54, 1.807) is 0 Å². The number of allylic oxidation sites excluding steroid dienone is 1. The quantitative estimate of drug-likeness (QED) is 0.715. The standard InChI is InChI=1S/C11H17NO3/c1-8(10(12)13)15-11(14)9-6-4-2-3-5-7-9/h6,8H,2-5,7H2,1H3,(H2,12,13)/t8-/m0/s1. The highest BCUT2D eigenvalue weighted by Crippen LogP contribution is 2.18. The fourth-order valence-corrected chi connectivity index (χ4v) is 1.49. The number of carbonyl (C=O) groups excluding carboxylic acids is 2. The normalized spacial score (nSPS) is 18.6. The summed E-state index contributed by atoms with van der Waals surface area (Å²) in [6.45, 7) is 1.48. The van der Waals surface area contributed by atoms with Crippen LogP contribution in [0.3, 0.4) is 0 Å². The van der Waals surface area contributed by atoms with Crippen LogP contribution < -0.4 is 5.73 Å². The largest absolute Gasteiger partial charge is 0.449 e. The van der Waals surface area contributed by atoms with Gasteiger partial charge in [-0.2, -0.15) is 0 Å². The Balaban J connectivity index is 2.51. The zero-order valence-corrected chi connectivity index (χ0v) is 8.99. The maximum atomic E-state index is 11.6. The van der Waals surface area contributed by atoms with Gasteiger partial charge in [0.1, 0.15) is 0 Å². The summed E-state index contributed by atoms with van der Waals surface area (Å²) in [4.78, 5) is 22.3. The van der Waals surface area contributed by atoms with Crippen LogP contribution in [-0.2, 0) is 14.3 Å². The van der Waals surface area contributed by atoms with Gasteiger partial charge in [-0.25, -0.2) is 4.79 Å². The minimum absolute atomic E-state index is 0.400. The predicted molar refractivity (Wildman–Crippen MR) is 55.9 cm³/mol. The molecular formula is C11H17NO3. The number of ether oxygens (including phenoxy) is 1. The van der Waals surface area contributed by atoms with E-state index in [2.05, 4.69) is 0 Å². The molecule has 0 aromatic rings. The van der Waals surface area contributed by atoms with E-state index in [1.807, 2.05) is 6.08 Å². The van der Waals surface area contributed by atoms with Gasteiger partial charge < -0.3 is 10.5 Å². The third-order valence-corrected chi connectivity index (χ3v) is 2.49. The predicted octanol–water partition coefficient (Wildman–Crippen LogP) is 1.29. The van der Waals surface area contributed by atoms with E-state index < -0.39 is 18.0 Å². The van der Waals surface area contributed by atoms with Crippen molar-refractivity contribution >= 4 is 11.9 Å². The Labute approximate surface area is 89.5 Å². The molecule has 1 aliphatic rings. The molecule has 4 heteroatoms. The first-order valence-corrected chi connectivity index (χ1v) is 5.30.